The molecule has 30 heavy (non-hydrogen) atoms. The lowest BCUT2D eigenvalue weighted by Gasteiger charge is -2.21. The number of hydrogen-bond donors (Lipinski definition) is 2. The van der Waals surface area contributed by atoms with Crippen LogP contribution >= 0.6 is 0 Å². The quantitative estimate of drug-likeness (QED) is 0.298. The zero-order valence-corrected chi connectivity index (χ0v) is 19.7. The minimum atomic E-state index is -0.562. The predicted octanol–water partition coefficient (Wildman–Crippen LogP) is 5.13. The summed E-state index contributed by atoms with van der Waals surface area (Å²) < 4.78 is 5.60. The van der Waals surface area contributed by atoms with E-state index >= 15 is 0 Å². The molecule has 0 bridgehead atoms. The van der Waals surface area contributed by atoms with E-state index in [1.807, 2.05) is 57.2 Å². The lowest BCUT2D eigenvalue weighted by atomic mass is 9.91. The van der Waals surface area contributed by atoms with Crippen LogP contribution in [0.15, 0.2) is 36.4 Å². The van der Waals surface area contributed by atoms with Crippen LogP contribution < -0.4 is 10.9 Å². The lowest BCUT2D eigenvalue weighted by molar-refractivity contribution is -0.147. The summed E-state index contributed by atoms with van der Waals surface area (Å²) in [5, 5.41) is 0. The number of ether oxygens (including phenoxy) is 1. The van der Waals surface area contributed by atoms with Crippen LogP contribution in [0.5, 0.6) is 0 Å². The van der Waals surface area contributed by atoms with Crippen LogP contribution in [0.2, 0.25) is 0 Å². The van der Waals surface area contributed by atoms with Crippen molar-refractivity contribution in [2.45, 2.75) is 73.3 Å². The minimum absolute atomic E-state index is 0.0104. The summed E-state index contributed by atoms with van der Waals surface area (Å²) in [7, 11) is 0. The van der Waals surface area contributed by atoms with Gasteiger partial charge in [0.2, 0.25) is 5.91 Å². The van der Waals surface area contributed by atoms with Crippen LogP contribution in [-0.4, -0.2) is 24.0 Å². The first-order chi connectivity index (χ1) is 14.0. The number of esters is 1. The lowest BCUT2D eigenvalue weighted by Crippen LogP contribution is -2.43. The molecule has 0 spiro atoms. The molecule has 1 rings (SSSR count). The van der Waals surface area contributed by atoms with Crippen molar-refractivity contribution in [1.29, 1.82) is 0 Å². The number of hydrogen-bond acceptors (Lipinski definition) is 4. The molecule has 0 saturated heterocycles. The van der Waals surface area contributed by atoms with Crippen molar-refractivity contribution in [2.24, 2.45) is 17.8 Å². The number of carbonyl (C=O) groups excluding carboxylic acids is 2. The molecule has 0 radical (unpaired) electrons. The van der Waals surface area contributed by atoms with Crippen LogP contribution in [0.25, 0.3) is 5.57 Å². The van der Waals surface area contributed by atoms with Gasteiger partial charge in [0.05, 0.1) is 5.57 Å². The molecule has 0 aliphatic carbocycles. The monoisotopic (exact) mass is 416 g/mol. The molecule has 2 N–H and O–H groups in total. The van der Waals surface area contributed by atoms with Crippen molar-refractivity contribution in [3.05, 3.63) is 42.0 Å². The molecule has 5 nitrogen and oxygen atoms in total. The molecule has 0 aromatic heterocycles. The van der Waals surface area contributed by atoms with E-state index in [4.69, 9.17) is 4.74 Å². The van der Waals surface area contributed by atoms with Gasteiger partial charge in [-0.05, 0) is 57.4 Å². The van der Waals surface area contributed by atoms with Crippen LogP contribution in [0, 0.1) is 17.8 Å². The van der Waals surface area contributed by atoms with Gasteiger partial charge in [-0.25, -0.2) is 10.2 Å². The average Bonchev–Trinajstić information content (AvgIpc) is 2.62. The van der Waals surface area contributed by atoms with Crippen molar-refractivity contribution < 1.29 is 14.3 Å². The Balaban J connectivity index is 2.90. The number of rotatable bonds is 11. The standard InChI is InChI=1S/C25H40N2O3/c1-18(2)16-21(23(28)27-26-17-19(3)4)14-11-15-22(20-12-9-8-10-13-20)24(29)30-25(5,6)7/h8-10,12-13,15,18-19,21,26H,11,14,16-17H2,1-7H3,(H,27,28)/t21-/m0/s1. The van der Waals surface area contributed by atoms with Crippen molar-refractivity contribution in [3.8, 4) is 0 Å². The Morgan fingerprint density at radius 1 is 1.03 bits per heavy atom. The molecule has 1 aromatic rings. The van der Waals surface area contributed by atoms with Crippen LogP contribution in [0.4, 0.5) is 0 Å². The summed E-state index contributed by atoms with van der Waals surface area (Å²) in [6, 6.07) is 9.54. The maximum atomic E-state index is 12.8. The van der Waals surface area contributed by atoms with Crippen molar-refractivity contribution >= 4 is 17.4 Å². The zero-order valence-electron chi connectivity index (χ0n) is 19.7. The van der Waals surface area contributed by atoms with Gasteiger partial charge in [0.1, 0.15) is 5.60 Å². The molecule has 0 saturated carbocycles. The number of carbonyl (C=O) groups is 2. The highest BCUT2D eigenvalue weighted by Gasteiger charge is 2.22. The normalized spacial score (nSPS) is 13.4. The van der Waals surface area contributed by atoms with E-state index in [1.165, 1.54) is 0 Å². The minimum Gasteiger partial charge on any atom is -0.456 e. The first-order valence-electron chi connectivity index (χ1n) is 11.0. The molecule has 1 amide bonds. The molecule has 5 heteroatoms. The summed E-state index contributed by atoms with van der Waals surface area (Å²) in [5.41, 5.74) is 6.67. The van der Waals surface area contributed by atoms with Crippen molar-refractivity contribution in [1.82, 2.24) is 10.9 Å². The van der Waals surface area contributed by atoms with E-state index in [2.05, 4.69) is 38.5 Å². The highest BCUT2D eigenvalue weighted by Crippen LogP contribution is 2.23. The Morgan fingerprint density at radius 3 is 2.20 bits per heavy atom. The number of hydrazine groups is 1. The van der Waals surface area contributed by atoms with E-state index in [0.717, 1.165) is 18.5 Å². The summed E-state index contributed by atoms with van der Waals surface area (Å²) in [6.07, 6.45) is 4.01. The Hall–Kier alpha value is -2.14. The smallest absolute Gasteiger partial charge is 0.338 e. The molecule has 0 aliphatic rings. The fraction of sp³-hybridized carbons (Fsp3) is 0.600. The zero-order chi connectivity index (χ0) is 22.7. The second kappa shape index (κ2) is 12.5. The van der Waals surface area contributed by atoms with Gasteiger partial charge < -0.3 is 4.74 Å². The molecule has 0 unspecified atom stereocenters. The molecule has 1 aromatic carbocycles. The van der Waals surface area contributed by atoms with Gasteiger partial charge in [-0.2, -0.15) is 0 Å². The third-order valence-corrected chi connectivity index (χ3v) is 4.42. The van der Waals surface area contributed by atoms with Gasteiger partial charge in [-0.15, -0.1) is 0 Å². The Labute approximate surface area is 182 Å². The second-order valence-corrected chi connectivity index (χ2v) is 9.65. The molecule has 168 valence electrons. The van der Waals surface area contributed by atoms with Crippen LogP contribution in [0.3, 0.4) is 0 Å². The maximum Gasteiger partial charge on any atom is 0.338 e. The third-order valence-electron chi connectivity index (χ3n) is 4.42. The molecule has 1 atom stereocenters. The second-order valence-electron chi connectivity index (χ2n) is 9.65. The summed E-state index contributed by atoms with van der Waals surface area (Å²) in [6.45, 7) is 14.7. The maximum absolute atomic E-state index is 12.8. The van der Waals surface area contributed by atoms with E-state index in [0.29, 0.717) is 30.3 Å². The van der Waals surface area contributed by atoms with Crippen molar-refractivity contribution in [3.63, 3.8) is 0 Å². The van der Waals surface area contributed by atoms with Crippen molar-refractivity contribution in [2.75, 3.05) is 6.54 Å². The van der Waals surface area contributed by atoms with E-state index in [1.54, 1.807) is 0 Å². The number of benzene rings is 1. The topological polar surface area (TPSA) is 67.4 Å². The van der Waals surface area contributed by atoms with Gasteiger partial charge in [0, 0.05) is 12.5 Å². The van der Waals surface area contributed by atoms with E-state index in [9.17, 15) is 9.59 Å². The number of nitrogens with one attached hydrogen (secondary N) is 2. The molecular formula is C25H40N2O3. The summed E-state index contributed by atoms with van der Waals surface area (Å²) in [4.78, 5) is 25.4. The van der Waals surface area contributed by atoms with Gasteiger partial charge in [0.25, 0.3) is 0 Å². The Morgan fingerprint density at radius 2 is 1.67 bits per heavy atom. The number of amides is 1. The molecule has 0 fully saturated rings. The largest absolute Gasteiger partial charge is 0.456 e. The fourth-order valence-electron chi connectivity index (χ4n) is 3.07. The van der Waals surface area contributed by atoms with Gasteiger partial charge in [0.15, 0.2) is 0 Å². The SMILES string of the molecule is CC(C)CNNC(=O)[C@@H](CCC=C(C(=O)OC(C)(C)C)c1ccccc1)CC(C)C. The summed E-state index contributed by atoms with van der Waals surface area (Å²) >= 11 is 0. The third kappa shape index (κ3) is 10.6. The average molecular weight is 417 g/mol. The van der Waals surface area contributed by atoms with Crippen LogP contribution in [0.1, 0.15) is 73.3 Å². The summed E-state index contributed by atoms with van der Waals surface area (Å²) in [5.74, 6) is 0.429. The number of allylic oxidation sites excluding steroid dienone is 1. The van der Waals surface area contributed by atoms with Gasteiger partial charge >= 0.3 is 5.97 Å². The predicted molar refractivity (Wildman–Crippen MR) is 123 cm³/mol. The highest BCUT2D eigenvalue weighted by atomic mass is 16.6. The first-order valence-corrected chi connectivity index (χ1v) is 11.0. The van der Waals surface area contributed by atoms with E-state index < -0.39 is 5.60 Å². The van der Waals surface area contributed by atoms with Crippen LogP contribution in [-0.2, 0) is 14.3 Å². The Kier molecular flexibility index (Phi) is 10.8. The van der Waals surface area contributed by atoms with Gasteiger partial charge in [-0.3, -0.25) is 10.2 Å². The molecule has 0 aliphatic heterocycles. The van der Waals surface area contributed by atoms with Gasteiger partial charge in [-0.1, -0.05) is 64.1 Å². The molecule has 0 heterocycles. The molecular weight excluding hydrogens is 376 g/mol. The fourth-order valence-corrected chi connectivity index (χ4v) is 3.07. The Bertz CT molecular complexity index is 688. The van der Waals surface area contributed by atoms with E-state index in [-0.39, 0.29) is 17.8 Å². The highest BCUT2D eigenvalue weighted by molar-refractivity contribution is 6.16. The first kappa shape index (κ1) is 25.9.